The summed E-state index contributed by atoms with van der Waals surface area (Å²) in [5.74, 6) is 0.410. The van der Waals surface area contributed by atoms with Crippen molar-refractivity contribution in [2.75, 3.05) is 26.5 Å². The van der Waals surface area contributed by atoms with Gasteiger partial charge in [0.1, 0.15) is 6.10 Å². The number of aromatic nitrogens is 5. The lowest BCUT2D eigenvalue weighted by Gasteiger charge is -2.25. The predicted octanol–water partition coefficient (Wildman–Crippen LogP) is 4.23. The summed E-state index contributed by atoms with van der Waals surface area (Å²) in [4.78, 5) is 18.4. The second-order valence-corrected chi connectivity index (χ2v) is 10.1. The first kappa shape index (κ1) is 23.1. The van der Waals surface area contributed by atoms with Gasteiger partial charge in [-0.2, -0.15) is 15.2 Å². The van der Waals surface area contributed by atoms with Crippen LogP contribution in [-0.2, 0) is 4.74 Å². The Morgan fingerprint density at radius 3 is 2.72 bits per heavy atom. The molecule has 2 aliphatic rings. The highest BCUT2D eigenvalue weighted by Crippen LogP contribution is 2.36. The lowest BCUT2D eigenvalue weighted by atomic mass is 9.93. The van der Waals surface area contributed by atoms with Crippen molar-refractivity contribution >= 4 is 23.3 Å². The third kappa shape index (κ3) is 4.24. The first-order valence-electron chi connectivity index (χ1n) is 12.2. The van der Waals surface area contributed by atoms with Crippen molar-refractivity contribution in [2.45, 2.75) is 42.7 Å². The van der Waals surface area contributed by atoms with E-state index in [1.54, 1.807) is 29.5 Å². The zero-order chi connectivity index (χ0) is 24.6. The first-order valence-corrected chi connectivity index (χ1v) is 13.4. The van der Waals surface area contributed by atoms with Crippen LogP contribution in [0.3, 0.4) is 0 Å². The maximum atomic E-state index is 12.4. The van der Waals surface area contributed by atoms with Crippen LogP contribution < -0.4 is 10.1 Å². The summed E-state index contributed by atoms with van der Waals surface area (Å²) in [6, 6.07) is 6.28. The molecular formula is C26H28N6O3S. The summed E-state index contributed by atoms with van der Waals surface area (Å²) in [6.45, 7) is 1.23. The summed E-state index contributed by atoms with van der Waals surface area (Å²) in [5.41, 5.74) is 4.77. The average molecular weight is 505 g/mol. The minimum atomic E-state index is -0.132. The quantitative estimate of drug-likeness (QED) is 0.376. The SMILES string of the molecule is CNC(=O)c1cc(SC)cc(-c2cnn3cc(-c4cnn(C5CCC5)c4)c(OC4CCOC4)nc23)c1. The van der Waals surface area contributed by atoms with E-state index < -0.39 is 0 Å². The Labute approximate surface area is 213 Å². The topological polar surface area (TPSA) is 95.6 Å². The molecule has 1 saturated heterocycles. The molecule has 0 radical (unpaired) electrons. The van der Waals surface area contributed by atoms with Gasteiger partial charge in [0.15, 0.2) is 5.65 Å². The van der Waals surface area contributed by atoms with Gasteiger partial charge in [-0.25, -0.2) is 4.52 Å². The molecule has 3 aromatic heterocycles. The van der Waals surface area contributed by atoms with Gasteiger partial charge in [-0.3, -0.25) is 9.48 Å². The fraction of sp³-hybridized carbons (Fsp3) is 0.385. The van der Waals surface area contributed by atoms with E-state index in [9.17, 15) is 4.79 Å². The van der Waals surface area contributed by atoms with E-state index >= 15 is 0 Å². The Bertz CT molecular complexity index is 1420. The first-order chi connectivity index (χ1) is 17.6. The Morgan fingerprint density at radius 2 is 2.00 bits per heavy atom. The van der Waals surface area contributed by atoms with Gasteiger partial charge in [0.2, 0.25) is 5.88 Å². The summed E-state index contributed by atoms with van der Waals surface area (Å²) in [6.07, 6.45) is 14.0. The van der Waals surface area contributed by atoms with Gasteiger partial charge in [0.25, 0.3) is 5.91 Å². The fourth-order valence-corrected chi connectivity index (χ4v) is 5.12. The van der Waals surface area contributed by atoms with Crippen molar-refractivity contribution in [1.82, 2.24) is 29.7 Å². The lowest BCUT2D eigenvalue weighted by Crippen LogP contribution is -2.18. The maximum absolute atomic E-state index is 12.4. The van der Waals surface area contributed by atoms with Crippen LogP contribution in [0.1, 0.15) is 42.1 Å². The summed E-state index contributed by atoms with van der Waals surface area (Å²) < 4.78 is 15.7. The van der Waals surface area contributed by atoms with Crippen molar-refractivity contribution in [1.29, 1.82) is 0 Å². The number of amides is 1. The lowest BCUT2D eigenvalue weighted by molar-refractivity contribution is 0.0963. The molecule has 186 valence electrons. The summed E-state index contributed by atoms with van der Waals surface area (Å²) >= 11 is 1.59. The molecule has 1 aliphatic heterocycles. The average Bonchev–Trinajstić information content (AvgIpc) is 3.63. The van der Waals surface area contributed by atoms with Crippen LogP contribution in [0.5, 0.6) is 5.88 Å². The van der Waals surface area contributed by atoms with Gasteiger partial charge in [-0.05, 0) is 49.3 Å². The van der Waals surface area contributed by atoms with Crippen molar-refractivity contribution in [2.24, 2.45) is 0 Å². The smallest absolute Gasteiger partial charge is 0.251 e. The number of rotatable bonds is 7. The molecule has 1 unspecified atom stereocenters. The third-order valence-corrected chi connectivity index (χ3v) is 7.64. The summed E-state index contributed by atoms with van der Waals surface area (Å²) in [5, 5.41) is 11.9. The van der Waals surface area contributed by atoms with Crippen molar-refractivity contribution in [3.05, 3.63) is 48.5 Å². The number of carbonyl (C=O) groups excluding carboxylic acids is 1. The number of hydrogen-bond acceptors (Lipinski definition) is 7. The number of thioether (sulfide) groups is 1. The molecule has 6 rings (SSSR count). The van der Waals surface area contributed by atoms with Crippen LogP contribution in [0.25, 0.3) is 27.9 Å². The Morgan fingerprint density at radius 1 is 1.11 bits per heavy atom. The number of carbonyl (C=O) groups is 1. The van der Waals surface area contributed by atoms with Gasteiger partial charge >= 0.3 is 0 Å². The number of fused-ring (bicyclic) bond motifs is 1. The predicted molar refractivity (Wildman–Crippen MR) is 138 cm³/mol. The second kappa shape index (κ2) is 9.59. The zero-order valence-electron chi connectivity index (χ0n) is 20.3. The maximum Gasteiger partial charge on any atom is 0.251 e. The molecule has 4 heterocycles. The van der Waals surface area contributed by atoms with E-state index in [0.717, 1.165) is 46.4 Å². The van der Waals surface area contributed by atoms with Crippen LogP contribution in [0.2, 0.25) is 0 Å². The number of hydrogen-bond donors (Lipinski definition) is 1. The van der Waals surface area contributed by atoms with Gasteiger partial charge in [0, 0.05) is 47.4 Å². The van der Waals surface area contributed by atoms with Gasteiger partial charge < -0.3 is 14.8 Å². The molecule has 2 fully saturated rings. The third-order valence-electron chi connectivity index (χ3n) is 6.93. The second-order valence-electron chi connectivity index (χ2n) is 9.21. The van der Waals surface area contributed by atoms with E-state index in [4.69, 9.17) is 14.5 Å². The van der Waals surface area contributed by atoms with Crippen LogP contribution in [0.4, 0.5) is 0 Å². The largest absolute Gasteiger partial charge is 0.471 e. The van der Waals surface area contributed by atoms with Crippen molar-refractivity contribution in [3.8, 4) is 28.1 Å². The van der Waals surface area contributed by atoms with E-state index in [0.29, 0.717) is 36.3 Å². The number of nitrogens with zero attached hydrogens (tertiary/aromatic N) is 5. The van der Waals surface area contributed by atoms with Crippen LogP contribution >= 0.6 is 11.8 Å². The molecule has 0 bridgehead atoms. The van der Waals surface area contributed by atoms with E-state index in [1.807, 2.05) is 35.5 Å². The molecule has 1 atom stereocenters. The van der Waals surface area contributed by atoms with Gasteiger partial charge in [-0.15, -0.1) is 11.8 Å². The fourth-order valence-electron chi connectivity index (χ4n) is 4.63. The van der Waals surface area contributed by atoms with E-state index in [-0.39, 0.29) is 12.0 Å². The van der Waals surface area contributed by atoms with Crippen LogP contribution in [0, 0.1) is 0 Å². The highest BCUT2D eigenvalue weighted by molar-refractivity contribution is 7.98. The standard InChI is InChI=1S/C26H28N6O3S/c1-27-25(33)17-8-16(9-21(10-17)36-2)22-12-29-32-14-23(18-11-28-31(13-18)19-4-3-5-19)26(30-24(22)32)35-20-6-7-34-15-20/h8-14,19-20H,3-7,15H2,1-2H3,(H,27,33). The summed E-state index contributed by atoms with van der Waals surface area (Å²) in [7, 11) is 1.63. The molecular weight excluding hydrogens is 476 g/mol. The normalized spacial score (nSPS) is 17.9. The van der Waals surface area contributed by atoms with Crippen molar-refractivity contribution < 1.29 is 14.3 Å². The molecule has 1 aliphatic carbocycles. The molecule has 36 heavy (non-hydrogen) atoms. The molecule has 4 aromatic rings. The van der Waals surface area contributed by atoms with Gasteiger partial charge in [-0.1, -0.05) is 0 Å². The molecule has 10 heteroatoms. The molecule has 1 N–H and O–H groups in total. The van der Waals surface area contributed by atoms with E-state index in [2.05, 4.69) is 27.8 Å². The number of ether oxygens (including phenoxy) is 2. The highest BCUT2D eigenvalue weighted by atomic mass is 32.2. The Hall–Kier alpha value is -3.37. The van der Waals surface area contributed by atoms with E-state index in [1.165, 1.54) is 6.42 Å². The minimum absolute atomic E-state index is 0.0496. The number of benzene rings is 1. The van der Waals surface area contributed by atoms with Crippen LogP contribution in [-0.4, -0.2) is 62.9 Å². The van der Waals surface area contributed by atoms with Crippen LogP contribution in [0.15, 0.2) is 47.9 Å². The molecule has 1 amide bonds. The highest BCUT2D eigenvalue weighted by Gasteiger charge is 2.25. The monoisotopic (exact) mass is 504 g/mol. The number of nitrogens with one attached hydrogen (secondary N) is 1. The molecule has 1 saturated carbocycles. The minimum Gasteiger partial charge on any atom is -0.471 e. The Balaban J connectivity index is 1.46. The molecule has 1 aromatic carbocycles. The zero-order valence-corrected chi connectivity index (χ0v) is 21.1. The molecule has 9 nitrogen and oxygen atoms in total. The Kier molecular flexibility index (Phi) is 6.14. The van der Waals surface area contributed by atoms with Crippen molar-refractivity contribution in [3.63, 3.8) is 0 Å². The van der Waals surface area contributed by atoms with Gasteiger partial charge in [0.05, 0.1) is 37.2 Å². The molecule has 0 spiro atoms.